The Morgan fingerprint density at radius 3 is 2.45 bits per heavy atom. The number of hydrogen-bond donors (Lipinski definition) is 3. The van der Waals surface area contributed by atoms with Gasteiger partial charge in [0.05, 0.1) is 13.2 Å². The van der Waals surface area contributed by atoms with E-state index in [0.717, 1.165) is 24.2 Å². The third-order valence-corrected chi connectivity index (χ3v) is 6.37. The van der Waals surface area contributed by atoms with Crippen LogP contribution in [-0.2, 0) is 27.4 Å². The fourth-order valence-corrected chi connectivity index (χ4v) is 4.08. The number of benzene rings is 1. The zero-order valence-electron chi connectivity index (χ0n) is 21.7. The summed E-state index contributed by atoms with van der Waals surface area (Å²) in [5.74, 6) is -0.0338. The van der Waals surface area contributed by atoms with Crippen molar-refractivity contribution >= 4 is 28.8 Å². The minimum absolute atomic E-state index is 0.0218. The number of nitrogens with one attached hydrogen (secondary N) is 1. The third kappa shape index (κ3) is 6.86. The van der Waals surface area contributed by atoms with Gasteiger partial charge in [0.15, 0.2) is 17.0 Å². The van der Waals surface area contributed by atoms with E-state index in [-0.39, 0.29) is 61.2 Å². The van der Waals surface area contributed by atoms with Crippen molar-refractivity contribution < 1.29 is 24.2 Å². The van der Waals surface area contributed by atoms with Gasteiger partial charge in [0.2, 0.25) is 11.8 Å². The average molecular weight is 527 g/mol. The van der Waals surface area contributed by atoms with E-state index in [4.69, 9.17) is 15.2 Å². The fraction of sp³-hybridized carbons (Fsp3) is 0.480. The van der Waals surface area contributed by atoms with Gasteiger partial charge in [-0.05, 0) is 18.2 Å². The van der Waals surface area contributed by atoms with Crippen LogP contribution in [0.25, 0.3) is 11.2 Å². The zero-order chi connectivity index (χ0) is 27.1. The lowest BCUT2D eigenvalue weighted by Crippen LogP contribution is -2.47. The highest BCUT2D eigenvalue weighted by Crippen LogP contribution is 2.25. The lowest BCUT2D eigenvalue weighted by atomic mass is 10.1. The van der Waals surface area contributed by atoms with Gasteiger partial charge < -0.3 is 35.4 Å². The molecule has 3 aromatic rings. The minimum atomic E-state index is -0.238. The monoisotopic (exact) mass is 526 g/mol. The number of imidazole rings is 1. The first-order valence-corrected chi connectivity index (χ1v) is 12.5. The SMILES string of the molecule is COCCOc1nc(N)c2nc(O)n(Cc3ccc(CNC(=O)CCC(=O)N4CCN(C)CC4)cc3)c2n1. The molecule has 1 aliphatic heterocycles. The van der Waals surface area contributed by atoms with E-state index in [9.17, 15) is 14.7 Å². The number of nitrogen functional groups attached to an aromatic ring is 1. The Bertz CT molecular complexity index is 1250. The second kappa shape index (κ2) is 12.5. The Hall–Kier alpha value is -3.97. The molecule has 4 rings (SSSR count). The maximum absolute atomic E-state index is 12.3. The van der Waals surface area contributed by atoms with Crippen LogP contribution in [0.4, 0.5) is 5.82 Å². The smallest absolute Gasteiger partial charge is 0.320 e. The maximum atomic E-state index is 12.3. The topological polar surface area (TPSA) is 161 Å². The van der Waals surface area contributed by atoms with Crippen molar-refractivity contribution in [2.45, 2.75) is 25.9 Å². The van der Waals surface area contributed by atoms with Gasteiger partial charge in [-0.1, -0.05) is 24.3 Å². The lowest BCUT2D eigenvalue weighted by molar-refractivity contribution is -0.135. The van der Waals surface area contributed by atoms with Crippen LogP contribution < -0.4 is 15.8 Å². The van der Waals surface area contributed by atoms with E-state index in [1.165, 1.54) is 4.57 Å². The first-order chi connectivity index (χ1) is 18.3. The van der Waals surface area contributed by atoms with Gasteiger partial charge in [0.1, 0.15) is 6.61 Å². The number of nitrogens with zero attached hydrogens (tertiary/aromatic N) is 6. The predicted octanol–water partition coefficient (Wildman–Crippen LogP) is 0.358. The molecular weight excluding hydrogens is 492 g/mol. The lowest BCUT2D eigenvalue weighted by Gasteiger charge is -2.32. The molecule has 38 heavy (non-hydrogen) atoms. The number of fused-ring (bicyclic) bond motifs is 1. The van der Waals surface area contributed by atoms with Crippen molar-refractivity contribution in [2.24, 2.45) is 0 Å². The van der Waals surface area contributed by atoms with Gasteiger partial charge in [0.25, 0.3) is 6.01 Å². The van der Waals surface area contributed by atoms with Crippen LogP contribution in [0, 0.1) is 0 Å². The molecule has 204 valence electrons. The maximum Gasteiger partial charge on any atom is 0.320 e. The third-order valence-electron chi connectivity index (χ3n) is 6.37. The van der Waals surface area contributed by atoms with Gasteiger partial charge in [-0.25, -0.2) is 0 Å². The molecule has 1 aliphatic rings. The van der Waals surface area contributed by atoms with E-state index < -0.39 is 0 Å². The van der Waals surface area contributed by atoms with E-state index in [1.54, 1.807) is 7.11 Å². The Kier molecular flexibility index (Phi) is 8.92. The summed E-state index contributed by atoms with van der Waals surface area (Å²) in [6.45, 7) is 4.40. The molecule has 0 radical (unpaired) electrons. The number of carbonyl (C=O) groups is 2. The van der Waals surface area contributed by atoms with Crippen molar-refractivity contribution in [1.82, 2.24) is 34.6 Å². The van der Waals surface area contributed by atoms with E-state index in [0.29, 0.717) is 31.9 Å². The normalized spacial score (nSPS) is 14.1. The molecule has 13 heteroatoms. The summed E-state index contributed by atoms with van der Waals surface area (Å²) in [5.41, 5.74) is 8.42. The van der Waals surface area contributed by atoms with E-state index in [1.807, 2.05) is 36.2 Å². The molecule has 0 atom stereocenters. The van der Waals surface area contributed by atoms with Gasteiger partial charge >= 0.3 is 6.01 Å². The molecule has 4 N–H and O–H groups in total. The highest BCUT2D eigenvalue weighted by molar-refractivity contribution is 5.84. The average Bonchev–Trinajstić information content (AvgIpc) is 3.22. The van der Waals surface area contributed by atoms with Crippen molar-refractivity contribution in [1.29, 1.82) is 0 Å². The van der Waals surface area contributed by atoms with E-state index >= 15 is 0 Å². The molecule has 2 amide bonds. The van der Waals surface area contributed by atoms with Crippen molar-refractivity contribution in [2.75, 3.05) is 59.3 Å². The second-order valence-electron chi connectivity index (χ2n) is 9.18. The summed E-state index contributed by atoms with van der Waals surface area (Å²) in [6, 6.07) is 7.41. The number of likely N-dealkylation sites (N-methyl/N-ethyl adjacent to an activating group) is 1. The Morgan fingerprint density at radius 2 is 1.74 bits per heavy atom. The number of rotatable bonds is 11. The van der Waals surface area contributed by atoms with Gasteiger partial charge in [0, 0.05) is 52.7 Å². The number of hydrogen-bond acceptors (Lipinski definition) is 10. The summed E-state index contributed by atoms with van der Waals surface area (Å²) >= 11 is 0. The second-order valence-corrected chi connectivity index (χ2v) is 9.18. The summed E-state index contributed by atoms with van der Waals surface area (Å²) < 4.78 is 12.0. The zero-order valence-corrected chi connectivity index (χ0v) is 21.7. The first kappa shape index (κ1) is 27.1. The highest BCUT2D eigenvalue weighted by Gasteiger charge is 2.20. The minimum Gasteiger partial charge on any atom is -0.480 e. The number of methoxy groups -OCH3 is 1. The van der Waals surface area contributed by atoms with E-state index in [2.05, 4.69) is 25.2 Å². The summed E-state index contributed by atoms with van der Waals surface area (Å²) in [5, 5.41) is 13.3. The van der Waals surface area contributed by atoms with Gasteiger partial charge in [-0.2, -0.15) is 15.0 Å². The van der Waals surface area contributed by atoms with Crippen LogP contribution in [0.3, 0.4) is 0 Å². The van der Waals surface area contributed by atoms with Crippen LogP contribution in [0.1, 0.15) is 24.0 Å². The molecule has 1 fully saturated rings. The number of ether oxygens (including phenoxy) is 2. The molecule has 0 unspecified atom stereocenters. The molecule has 3 heterocycles. The molecule has 0 aliphatic carbocycles. The number of piperazine rings is 1. The number of amides is 2. The van der Waals surface area contributed by atoms with Crippen LogP contribution >= 0.6 is 0 Å². The van der Waals surface area contributed by atoms with Crippen LogP contribution in [0.2, 0.25) is 0 Å². The van der Waals surface area contributed by atoms with Crippen LogP contribution in [0.5, 0.6) is 12.0 Å². The highest BCUT2D eigenvalue weighted by atomic mass is 16.5. The molecular formula is C25H34N8O5. The largest absolute Gasteiger partial charge is 0.480 e. The predicted molar refractivity (Wildman–Crippen MR) is 139 cm³/mol. The molecule has 1 aromatic carbocycles. The summed E-state index contributed by atoms with van der Waals surface area (Å²) in [7, 11) is 3.60. The molecule has 0 saturated carbocycles. The quantitative estimate of drug-likeness (QED) is 0.298. The molecule has 0 bridgehead atoms. The van der Waals surface area contributed by atoms with Gasteiger partial charge in [-0.3, -0.25) is 14.2 Å². The summed E-state index contributed by atoms with van der Waals surface area (Å²) in [6.07, 6.45) is 0.377. The van der Waals surface area contributed by atoms with Crippen molar-refractivity contribution in [3.05, 3.63) is 35.4 Å². The molecule has 1 saturated heterocycles. The summed E-state index contributed by atoms with van der Waals surface area (Å²) in [4.78, 5) is 41.1. The standard InChI is InChI=1S/C25H34N8O5/c1-31-9-11-32(12-10-31)20(35)8-7-19(34)27-15-17-3-5-18(6-4-17)16-33-23-21(28-25(33)36)22(26)29-24(30-23)38-14-13-37-2/h3-6H,7-16H2,1-2H3,(H,27,34)(H,28,36)(H2,26,29,30). The van der Waals surface area contributed by atoms with Crippen molar-refractivity contribution in [3.63, 3.8) is 0 Å². The Labute approximate surface area is 220 Å². The number of anilines is 1. The Balaban J connectivity index is 1.30. The van der Waals surface area contributed by atoms with Crippen molar-refractivity contribution in [3.8, 4) is 12.0 Å². The molecule has 2 aromatic heterocycles. The molecule has 13 nitrogen and oxygen atoms in total. The van der Waals surface area contributed by atoms with Crippen LogP contribution in [0.15, 0.2) is 24.3 Å². The van der Waals surface area contributed by atoms with Crippen LogP contribution in [-0.4, -0.2) is 99.8 Å². The number of aromatic hydroxyl groups is 1. The fourth-order valence-electron chi connectivity index (χ4n) is 4.08. The first-order valence-electron chi connectivity index (χ1n) is 12.5. The number of carbonyl (C=O) groups excluding carboxylic acids is 2. The Morgan fingerprint density at radius 1 is 1.03 bits per heavy atom. The van der Waals surface area contributed by atoms with Gasteiger partial charge in [-0.15, -0.1) is 0 Å². The molecule has 0 spiro atoms. The number of aromatic nitrogens is 4. The number of nitrogens with two attached hydrogens (primary N) is 1.